The van der Waals surface area contributed by atoms with Gasteiger partial charge in [0.15, 0.2) is 5.82 Å². The average Bonchev–Trinajstić information content (AvgIpc) is 3.20. The van der Waals surface area contributed by atoms with Crippen molar-refractivity contribution in [3.8, 4) is 5.69 Å². The zero-order valence-corrected chi connectivity index (χ0v) is 15.1. The molecular formula is C17H12BrFN6O. The zero-order valence-electron chi connectivity index (χ0n) is 13.5. The molecule has 0 aliphatic heterocycles. The van der Waals surface area contributed by atoms with Gasteiger partial charge < -0.3 is 10.3 Å². The van der Waals surface area contributed by atoms with Gasteiger partial charge in [0.2, 0.25) is 0 Å². The molecule has 0 radical (unpaired) electrons. The molecule has 0 saturated heterocycles. The van der Waals surface area contributed by atoms with E-state index in [-0.39, 0.29) is 11.6 Å². The molecule has 1 amide bonds. The molecule has 2 aromatic carbocycles. The van der Waals surface area contributed by atoms with Crippen molar-refractivity contribution in [3.63, 3.8) is 0 Å². The first-order chi connectivity index (χ1) is 12.5. The highest BCUT2D eigenvalue weighted by atomic mass is 79.9. The smallest absolute Gasteiger partial charge is 0.273 e. The van der Waals surface area contributed by atoms with Crippen LogP contribution in [0.15, 0.2) is 46.9 Å². The minimum Gasteiger partial charge on any atom is -0.350 e. The number of para-hydroxylation sites is 1. The van der Waals surface area contributed by atoms with E-state index in [4.69, 9.17) is 0 Å². The van der Waals surface area contributed by atoms with Crippen molar-refractivity contribution >= 4 is 38.4 Å². The van der Waals surface area contributed by atoms with Crippen molar-refractivity contribution in [2.45, 2.75) is 6.92 Å². The Balaban J connectivity index is 1.68. The molecule has 130 valence electrons. The molecule has 26 heavy (non-hydrogen) atoms. The molecule has 9 heteroatoms. The van der Waals surface area contributed by atoms with Gasteiger partial charge in [0.25, 0.3) is 5.91 Å². The molecular weight excluding hydrogens is 403 g/mol. The van der Waals surface area contributed by atoms with Crippen LogP contribution in [-0.2, 0) is 0 Å². The van der Waals surface area contributed by atoms with E-state index in [1.54, 1.807) is 6.92 Å². The summed E-state index contributed by atoms with van der Waals surface area (Å²) in [6, 6.07) is 11.8. The lowest BCUT2D eigenvalue weighted by molar-refractivity contribution is 0.102. The first kappa shape index (κ1) is 16.4. The van der Waals surface area contributed by atoms with Crippen LogP contribution in [-0.4, -0.2) is 31.1 Å². The average molecular weight is 415 g/mol. The molecule has 0 aliphatic rings. The van der Waals surface area contributed by atoms with Crippen LogP contribution in [0.25, 0.3) is 16.6 Å². The Morgan fingerprint density at radius 1 is 1.27 bits per heavy atom. The third-order valence-electron chi connectivity index (χ3n) is 3.93. The molecule has 0 unspecified atom stereocenters. The van der Waals surface area contributed by atoms with Crippen LogP contribution in [0, 0.1) is 12.7 Å². The maximum absolute atomic E-state index is 14.1. The molecule has 2 aromatic heterocycles. The van der Waals surface area contributed by atoms with Crippen molar-refractivity contribution in [2.24, 2.45) is 0 Å². The lowest BCUT2D eigenvalue weighted by Gasteiger charge is -2.08. The highest BCUT2D eigenvalue weighted by Gasteiger charge is 2.17. The number of benzene rings is 2. The number of aromatic amines is 1. The van der Waals surface area contributed by atoms with Crippen molar-refractivity contribution in [1.29, 1.82) is 0 Å². The third-order valence-corrected chi connectivity index (χ3v) is 4.75. The number of aryl methyl sites for hydroxylation is 1. The van der Waals surface area contributed by atoms with Crippen LogP contribution >= 0.6 is 15.9 Å². The fourth-order valence-electron chi connectivity index (χ4n) is 2.66. The summed E-state index contributed by atoms with van der Waals surface area (Å²) in [5.74, 6) is -0.407. The van der Waals surface area contributed by atoms with Gasteiger partial charge in [0.1, 0.15) is 17.2 Å². The molecule has 4 rings (SSSR count). The Labute approximate surface area is 155 Å². The summed E-state index contributed by atoms with van der Waals surface area (Å²) in [7, 11) is 0. The monoisotopic (exact) mass is 414 g/mol. The zero-order chi connectivity index (χ0) is 18.3. The van der Waals surface area contributed by atoms with E-state index in [9.17, 15) is 9.18 Å². The van der Waals surface area contributed by atoms with Crippen molar-refractivity contribution in [2.75, 3.05) is 5.32 Å². The number of carbonyl (C=O) groups excluding carboxylic acids is 1. The van der Waals surface area contributed by atoms with Gasteiger partial charge in [-0.1, -0.05) is 18.2 Å². The van der Waals surface area contributed by atoms with Crippen LogP contribution in [0.5, 0.6) is 0 Å². The first-order valence-electron chi connectivity index (χ1n) is 7.67. The molecule has 0 spiro atoms. The number of nitrogens with one attached hydrogen (secondary N) is 2. The minimum atomic E-state index is -0.495. The minimum absolute atomic E-state index is 0.154. The number of nitrogens with zero attached hydrogens (tertiary/aromatic N) is 4. The molecule has 0 atom stereocenters. The number of rotatable bonds is 3. The summed E-state index contributed by atoms with van der Waals surface area (Å²) in [5, 5.41) is 14.7. The van der Waals surface area contributed by atoms with Crippen LogP contribution in [0.3, 0.4) is 0 Å². The van der Waals surface area contributed by atoms with E-state index in [1.165, 1.54) is 22.9 Å². The van der Waals surface area contributed by atoms with E-state index >= 15 is 0 Å². The normalized spacial score (nSPS) is 11.0. The summed E-state index contributed by atoms with van der Waals surface area (Å²) in [6.45, 7) is 1.66. The third kappa shape index (κ3) is 2.76. The van der Waals surface area contributed by atoms with Gasteiger partial charge in [-0.05, 0) is 57.5 Å². The standard InChI is InChI=1S/C17H12BrFN6O/c1-9-22-23-24-25(9)14-8-10(6-7-12(14)19)20-17(26)16-15(18)11-4-2-3-5-13(11)21-16/h2-8,21H,1H3,(H,20,26). The second kappa shape index (κ2) is 6.34. The maximum atomic E-state index is 14.1. The molecule has 0 saturated carbocycles. The highest BCUT2D eigenvalue weighted by molar-refractivity contribution is 9.10. The van der Waals surface area contributed by atoms with E-state index in [0.29, 0.717) is 21.7 Å². The molecule has 0 aliphatic carbocycles. The predicted octanol–water partition coefficient (Wildman–Crippen LogP) is 3.61. The Morgan fingerprint density at radius 3 is 2.81 bits per heavy atom. The van der Waals surface area contributed by atoms with Crippen LogP contribution < -0.4 is 5.32 Å². The number of anilines is 1. The second-order valence-corrected chi connectivity index (χ2v) is 6.41. The van der Waals surface area contributed by atoms with Gasteiger partial charge in [-0.2, -0.15) is 4.68 Å². The topological polar surface area (TPSA) is 88.5 Å². The van der Waals surface area contributed by atoms with Gasteiger partial charge in [-0.25, -0.2) is 4.39 Å². The summed E-state index contributed by atoms with van der Waals surface area (Å²) in [6.07, 6.45) is 0. The van der Waals surface area contributed by atoms with E-state index in [2.05, 4.69) is 41.8 Å². The number of hydrogen-bond donors (Lipinski definition) is 2. The summed E-state index contributed by atoms with van der Waals surface area (Å²) < 4.78 is 16.1. The largest absolute Gasteiger partial charge is 0.350 e. The number of tetrazole rings is 1. The van der Waals surface area contributed by atoms with Crippen molar-refractivity contribution in [1.82, 2.24) is 25.2 Å². The molecule has 0 bridgehead atoms. The Morgan fingerprint density at radius 2 is 2.08 bits per heavy atom. The second-order valence-electron chi connectivity index (χ2n) is 5.62. The molecule has 4 aromatic rings. The molecule has 7 nitrogen and oxygen atoms in total. The number of amides is 1. The van der Waals surface area contributed by atoms with E-state index in [0.717, 1.165) is 10.9 Å². The van der Waals surface area contributed by atoms with Gasteiger partial charge >= 0.3 is 0 Å². The van der Waals surface area contributed by atoms with Gasteiger partial charge in [0.05, 0.1) is 4.47 Å². The van der Waals surface area contributed by atoms with E-state index < -0.39 is 5.82 Å². The highest BCUT2D eigenvalue weighted by Crippen LogP contribution is 2.28. The van der Waals surface area contributed by atoms with Crippen molar-refractivity contribution in [3.05, 3.63) is 64.3 Å². The first-order valence-corrected chi connectivity index (χ1v) is 8.46. The number of carbonyl (C=O) groups is 1. The quantitative estimate of drug-likeness (QED) is 0.535. The van der Waals surface area contributed by atoms with Crippen LogP contribution in [0.4, 0.5) is 10.1 Å². The Hall–Kier alpha value is -3.07. The summed E-state index contributed by atoms with van der Waals surface area (Å²) in [4.78, 5) is 15.7. The lowest BCUT2D eigenvalue weighted by Crippen LogP contribution is -2.13. The fourth-order valence-corrected chi connectivity index (χ4v) is 3.29. The number of H-pyrrole nitrogens is 1. The van der Waals surface area contributed by atoms with Gasteiger partial charge in [0, 0.05) is 16.6 Å². The van der Waals surface area contributed by atoms with Crippen LogP contribution in [0.2, 0.25) is 0 Å². The van der Waals surface area contributed by atoms with Gasteiger partial charge in [-0.3, -0.25) is 4.79 Å². The van der Waals surface area contributed by atoms with E-state index in [1.807, 2.05) is 24.3 Å². The fraction of sp³-hybridized carbons (Fsp3) is 0.0588. The van der Waals surface area contributed by atoms with Gasteiger partial charge in [-0.15, -0.1) is 5.10 Å². The molecule has 2 N–H and O–H groups in total. The number of aromatic nitrogens is 5. The number of halogens is 2. The SMILES string of the molecule is Cc1nnnn1-c1cc(NC(=O)c2[nH]c3ccccc3c2Br)ccc1F. The summed E-state index contributed by atoms with van der Waals surface area (Å²) >= 11 is 3.45. The lowest BCUT2D eigenvalue weighted by atomic mass is 10.2. The van der Waals surface area contributed by atoms with Crippen molar-refractivity contribution < 1.29 is 9.18 Å². The molecule has 2 heterocycles. The summed E-state index contributed by atoms with van der Waals surface area (Å²) in [5.41, 5.74) is 1.80. The molecule has 0 fully saturated rings. The van der Waals surface area contributed by atoms with Crippen LogP contribution in [0.1, 0.15) is 16.3 Å². The maximum Gasteiger partial charge on any atom is 0.273 e. The number of fused-ring (bicyclic) bond motifs is 1. The predicted molar refractivity (Wildman–Crippen MR) is 97.8 cm³/mol. The number of hydrogen-bond acceptors (Lipinski definition) is 4. The Kier molecular flexibility index (Phi) is 4.00. The Bertz CT molecular complexity index is 1140.